The third-order valence-electron chi connectivity index (χ3n) is 4.24. The maximum atomic E-state index is 12.7. The summed E-state index contributed by atoms with van der Waals surface area (Å²) in [7, 11) is 1.68. The molecule has 0 aliphatic carbocycles. The Morgan fingerprint density at radius 1 is 1.23 bits per heavy atom. The van der Waals surface area contributed by atoms with Crippen LogP contribution in [-0.4, -0.2) is 34.7 Å². The van der Waals surface area contributed by atoms with E-state index >= 15 is 0 Å². The topological polar surface area (TPSA) is 119 Å². The lowest BCUT2D eigenvalue weighted by Crippen LogP contribution is -2.21. The number of thiophene rings is 1. The first-order valence-corrected chi connectivity index (χ1v) is 9.03. The minimum atomic E-state index is -0.637. The largest absolute Gasteiger partial charge is 0.366 e. The lowest BCUT2D eigenvalue weighted by Gasteiger charge is -2.15. The quantitative estimate of drug-likeness (QED) is 0.831. The zero-order chi connectivity index (χ0) is 19.2. The maximum absolute atomic E-state index is 12.7. The SMILES string of the molecule is CC(C)Cc1nc2c(c(-c3ccc(C(N)=O)s3)c1C(N)=O)C(=O)N(C)C2. The number of amides is 3. The molecule has 1 aliphatic heterocycles. The number of primary amides is 2. The molecule has 0 fully saturated rings. The first kappa shape index (κ1) is 18.1. The number of pyridine rings is 1. The average molecular weight is 372 g/mol. The van der Waals surface area contributed by atoms with Crippen LogP contribution in [0.5, 0.6) is 0 Å². The lowest BCUT2D eigenvalue weighted by atomic mass is 9.93. The molecule has 0 saturated carbocycles. The van der Waals surface area contributed by atoms with E-state index in [1.54, 1.807) is 24.1 Å². The van der Waals surface area contributed by atoms with Gasteiger partial charge in [0, 0.05) is 17.5 Å². The van der Waals surface area contributed by atoms with Crippen molar-refractivity contribution >= 4 is 29.1 Å². The first-order valence-electron chi connectivity index (χ1n) is 8.21. The minimum Gasteiger partial charge on any atom is -0.366 e. The van der Waals surface area contributed by atoms with E-state index in [4.69, 9.17) is 11.5 Å². The number of aromatic nitrogens is 1. The smallest absolute Gasteiger partial charge is 0.258 e. The molecular weight excluding hydrogens is 352 g/mol. The molecule has 3 amide bonds. The molecule has 3 rings (SSSR count). The summed E-state index contributed by atoms with van der Waals surface area (Å²) in [5.41, 5.74) is 13.3. The standard InChI is InChI=1S/C18H20N4O3S/c1-8(2)6-9-13(17(20)24)15(11-4-5-12(26-11)16(19)23)14-10(21-9)7-22(3)18(14)25/h4-5,8H,6-7H2,1-3H3,(H2,19,23)(H2,20,24). The molecule has 2 aromatic heterocycles. The van der Waals surface area contributed by atoms with Gasteiger partial charge < -0.3 is 16.4 Å². The molecule has 136 valence electrons. The van der Waals surface area contributed by atoms with Gasteiger partial charge in [-0.05, 0) is 24.5 Å². The second kappa shape index (κ2) is 6.53. The number of carbonyl (C=O) groups is 3. The van der Waals surface area contributed by atoms with E-state index in [1.165, 1.54) is 0 Å². The molecule has 0 bridgehead atoms. The number of rotatable bonds is 5. The molecule has 4 N–H and O–H groups in total. The van der Waals surface area contributed by atoms with E-state index in [2.05, 4.69) is 4.98 Å². The molecule has 0 atom stereocenters. The van der Waals surface area contributed by atoms with Gasteiger partial charge in [-0.1, -0.05) is 13.8 Å². The molecule has 1 aliphatic rings. The Morgan fingerprint density at radius 3 is 2.46 bits per heavy atom. The van der Waals surface area contributed by atoms with Crippen molar-refractivity contribution in [3.63, 3.8) is 0 Å². The Labute approximate surface area is 155 Å². The summed E-state index contributed by atoms with van der Waals surface area (Å²) >= 11 is 1.14. The van der Waals surface area contributed by atoms with Crippen LogP contribution in [0.3, 0.4) is 0 Å². The summed E-state index contributed by atoms with van der Waals surface area (Å²) in [6.07, 6.45) is 0.560. The van der Waals surface area contributed by atoms with Crippen LogP contribution in [0, 0.1) is 5.92 Å². The molecule has 0 aromatic carbocycles. The van der Waals surface area contributed by atoms with Crippen LogP contribution in [-0.2, 0) is 13.0 Å². The van der Waals surface area contributed by atoms with Crippen molar-refractivity contribution < 1.29 is 14.4 Å². The van der Waals surface area contributed by atoms with Crippen molar-refractivity contribution in [2.45, 2.75) is 26.8 Å². The molecule has 0 radical (unpaired) electrons. The Bertz CT molecular complexity index is 933. The second-order valence-corrected chi connectivity index (χ2v) is 7.87. The van der Waals surface area contributed by atoms with Crippen molar-refractivity contribution in [1.82, 2.24) is 9.88 Å². The molecule has 0 saturated heterocycles. The highest BCUT2D eigenvalue weighted by Gasteiger charge is 2.34. The number of hydrogen-bond donors (Lipinski definition) is 2. The fourth-order valence-electron chi connectivity index (χ4n) is 3.17. The van der Waals surface area contributed by atoms with Crippen molar-refractivity contribution in [3.8, 4) is 10.4 Å². The van der Waals surface area contributed by atoms with Crippen molar-refractivity contribution in [3.05, 3.63) is 39.5 Å². The summed E-state index contributed by atoms with van der Waals surface area (Å²) in [6.45, 7) is 4.42. The van der Waals surface area contributed by atoms with Crippen LogP contribution in [0.15, 0.2) is 12.1 Å². The Balaban J connectivity index is 2.35. The summed E-state index contributed by atoms with van der Waals surface area (Å²) in [5, 5.41) is 0. The monoisotopic (exact) mass is 372 g/mol. The third kappa shape index (κ3) is 2.96. The van der Waals surface area contributed by atoms with Gasteiger partial charge in [0.2, 0.25) is 0 Å². The van der Waals surface area contributed by atoms with Crippen LogP contribution in [0.4, 0.5) is 0 Å². The summed E-state index contributed by atoms with van der Waals surface area (Å²) in [6, 6.07) is 3.28. The zero-order valence-corrected chi connectivity index (χ0v) is 15.6. The highest BCUT2D eigenvalue weighted by Crippen LogP contribution is 2.39. The number of nitrogens with two attached hydrogens (primary N) is 2. The highest BCUT2D eigenvalue weighted by atomic mass is 32.1. The lowest BCUT2D eigenvalue weighted by molar-refractivity contribution is 0.0816. The second-order valence-electron chi connectivity index (χ2n) is 6.78. The molecule has 0 unspecified atom stereocenters. The van der Waals surface area contributed by atoms with E-state index in [9.17, 15) is 14.4 Å². The van der Waals surface area contributed by atoms with Gasteiger partial charge in [0.1, 0.15) is 0 Å². The fourth-order valence-corrected chi connectivity index (χ4v) is 4.09. The number of carbonyl (C=O) groups excluding carboxylic acids is 3. The van der Waals surface area contributed by atoms with Crippen molar-refractivity contribution in [2.75, 3.05) is 7.05 Å². The van der Waals surface area contributed by atoms with Gasteiger partial charge in [-0.2, -0.15) is 0 Å². The molecule has 3 heterocycles. The normalized spacial score (nSPS) is 13.4. The van der Waals surface area contributed by atoms with E-state index in [1.807, 2.05) is 13.8 Å². The van der Waals surface area contributed by atoms with Crippen LogP contribution < -0.4 is 11.5 Å². The van der Waals surface area contributed by atoms with Crippen LogP contribution in [0.1, 0.15) is 55.6 Å². The minimum absolute atomic E-state index is 0.213. The highest BCUT2D eigenvalue weighted by molar-refractivity contribution is 7.17. The van der Waals surface area contributed by atoms with E-state index in [0.29, 0.717) is 45.2 Å². The van der Waals surface area contributed by atoms with Gasteiger partial charge >= 0.3 is 0 Å². The van der Waals surface area contributed by atoms with Gasteiger partial charge in [0.15, 0.2) is 0 Å². The van der Waals surface area contributed by atoms with Crippen LogP contribution >= 0.6 is 11.3 Å². The summed E-state index contributed by atoms with van der Waals surface area (Å²) in [5.74, 6) is -1.15. The Hall–Kier alpha value is -2.74. The fraction of sp³-hybridized carbons (Fsp3) is 0.333. The molecule has 2 aromatic rings. The van der Waals surface area contributed by atoms with Gasteiger partial charge in [0.05, 0.1) is 33.9 Å². The van der Waals surface area contributed by atoms with E-state index in [0.717, 1.165) is 11.3 Å². The predicted octanol–water partition coefficient (Wildman–Crippen LogP) is 1.79. The maximum Gasteiger partial charge on any atom is 0.258 e. The molecule has 8 heteroatoms. The molecular formula is C18H20N4O3S. The molecule has 0 spiro atoms. The van der Waals surface area contributed by atoms with E-state index < -0.39 is 11.8 Å². The Morgan fingerprint density at radius 2 is 1.92 bits per heavy atom. The Kier molecular flexibility index (Phi) is 4.53. The van der Waals surface area contributed by atoms with Gasteiger partial charge in [0.25, 0.3) is 17.7 Å². The van der Waals surface area contributed by atoms with Crippen molar-refractivity contribution in [2.24, 2.45) is 17.4 Å². The number of nitrogens with zero attached hydrogens (tertiary/aromatic N) is 2. The van der Waals surface area contributed by atoms with Gasteiger partial charge in [-0.25, -0.2) is 0 Å². The van der Waals surface area contributed by atoms with E-state index in [-0.39, 0.29) is 17.4 Å². The van der Waals surface area contributed by atoms with Gasteiger partial charge in [-0.15, -0.1) is 11.3 Å². The van der Waals surface area contributed by atoms with Gasteiger partial charge in [-0.3, -0.25) is 19.4 Å². The molecule has 26 heavy (non-hydrogen) atoms. The molecule has 7 nitrogen and oxygen atoms in total. The predicted molar refractivity (Wildman–Crippen MR) is 98.9 cm³/mol. The summed E-state index contributed by atoms with van der Waals surface area (Å²) < 4.78 is 0. The van der Waals surface area contributed by atoms with Crippen molar-refractivity contribution in [1.29, 1.82) is 0 Å². The zero-order valence-electron chi connectivity index (χ0n) is 14.8. The number of fused-ring (bicyclic) bond motifs is 1. The number of hydrogen-bond acceptors (Lipinski definition) is 5. The first-order chi connectivity index (χ1) is 12.2. The third-order valence-corrected chi connectivity index (χ3v) is 5.36. The average Bonchev–Trinajstić information content (AvgIpc) is 3.11. The van der Waals surface area contributed by atoms with Crippen LogP contribution in [0.2, 0.25) is 0 Å². The summed E-state index contributed by atoms with van der Waals surface area (Å²) in [4.78, 5) is 43.6. The van der Waals surface area contributed by atoms with Crippen LogP contribution in [0.25, 0.3) is 10.4 Å².